The average molecular weight is 693 g/mol. The highest BCUT2D eigenvalue weighted by atomic mass is 16.7. The maximum atomic E-state index is 12.0. The summed E-state index contributed by atoms with van der Waals surface area (Å²) in [6, 6.07) is 15.5. The third-order valence-corrected chi connectivity index (χ3v) is 8.34. The zero-order valence-electron chi connectivity index (χ0n) is 30.0. The predicted molar refractivity (Wildman–Crippen MR) is 191 cm³/mol. The van der Waals surface area contributed by atoms with Crippen molar-refractivity contribution in [2.75, 3.05) is 19.8 Å². The summed E-state index contributed by atoms with van der Waals surface area (Å²) < 4.78 is 37.6. The number of hydrogen-bond acceptors (Lipinski definition) is 10. The lowest BCUT2D eigenvalue weighted by molar-refractivity contribution is -0.180. The number of fused-ring (bicyclic) bond motifs is 1. The summed E-state index contributed by atoms with van der Waals surface area (Å²) >= 11 is 0. The SMILES string of the molecule is C=C(C)C(=O)OCC(=O)OC12CC3CC(C1)OC(=O)C(C3)C2.C=Cc1cccc(OC(C)OCC)c1.C=Cc1ccccc1OC(C)OCC. The van der Waals surface area contributed by atoms with E-state index in [0.717, 1.165) is 41.9 Å². The van der Waals surface area contributed by atoms with Crippen molar-refractivity contribution in [1.82, 2.24) is 0 Å². The van der Waals surface area contributed by atoms with Crippen LogP contribution in [0.15, 0.2) is 73.8 Å². The molecule has 2 aromatic carbocycles. The van der Waals surface area contributed by atoms with Crippen LogP contribution in [0.4, 0.5) is 0 Å². The molecule has 2 saturated heterocycles. The zero-order chi connectivity index (χ0) is 36.7. The molecule has 272 valence electrons. The fourth-order valence-corrected chi connectivity index (χ4v) is 6.40. The molecule has 0 spiro atoms. The van der Waals surface area contributed by atoms with Gasteiger partial charge in [0.2, 0.25) is 0 Å². The van der Waals surface area contributed by atoms with E-state index in [2.05, 4.69) is 19.7 Å². The molecule has 4 fully saturated rings. The van der Waals surface area contributed by atoms with Crippen LogP contribution in [0.2, 0.25) is 0 Å². The third-order valence-electron chi connectivity index (χ3n) is 8.34. The monoisotopic (exact) mass is 692 g/mol. The van der Waals surface area contributed by atoms with Crippen molar-refractivity contribution in [2.24, 2.45) is 11.8 Å². The second-order valence-corrected chi connectivity index (χ2v) is 12.5. The van der Waals surface area contributed by atoms with Gasteiger partial charge in [-0.2, -0.15) is 0 Å². The number of hydrogen-bond donors (Lipinski definition) is 0. The summed E-state index contributed by atoms with van der Waals surface area (Å²) in [5, 5.41) is 0. The summed E-state index contributed by atoms with van der Waals surface area (Å²) in [4.78, 5) is 35.2. The highest BCUT2D eigenvalue weighted by molar-refractivity contribution is 5.88. The number of benzene rings is 2. The molecule has 2 aliphatic heterocycles. The van der Waals surface area contributed by atoms with Gasteiger partial charge in [0.15, 0.2) is 19.2 Å². The smallest absolute Gasteiger partial charge is 0.344 e. The van der Waals surface area contributed by atoms with Crippen LogP contribution in [0.1, 0.15) is 77.8 Å². The number of esters is 3. The van der Waals surface area contributed by atoms with E-state index in [1.165, 1.54) is 6.92 Å². The maximum Gasteiger partial charge on any atom is 0.344 e. The molecule has 10 nitrogen and oxygen atoms in total. The van der Waals surface area contributed by atoms with E-state index in [-0.39, 0.29) is 36.1 Å². The van der Waals surface area contributed by atoms with E-state index in [1.807, 2.05) is 76.2 Å². The average Bonchev–Trinajstić information content (AvgIpc) is 3.24. The first-order chi connectivity index (χ1) is 23.9. The van der Waals surface area contributed by atoms with Crippen molar-refractivity contribution >= 4 is 30.1 Å². The Morgan fingerprint density at radius 3 is 2.30 bits per heavy atom. The first-order valence-electron chi connectivity index (χ1n) is 17.2. The van der Waals surface area contributed by atoms with Gasteiger partial charge in [0.25, 0.3) is 0 Å². The minimum atomic E-state index is -0.643. The second-order valence-electron chi connectivity index (χ2n) is 12.5. The van der Waals surface area contributed by atoms with Gasteiger partial charge in [0.05, 0.1) is 5.92 Å². The number of carbonyl (C=O) groups is 3. The lowest BCUT2D eigenvalue weighted by Crippen LogP contribution is -2.48. The largest absolute Gasteiger partial charge is 0.465 e. The molecule has 2 saturated carbocycles. The summed E-state index contributed by atoms with van der Waals surface area (Å²) in [5.41, 5.74) is 1.62. The van der Waals surface area contributed by atoms with Crippen molar-refractivity contribution in [3.63, 3.8) is 0 Å². The van der Waals surface area contributed by atoms with Gasteiger partial charge in [-0.15, -0.1) is 0 Å². The fourth-order valence-electron chi connectivity index (χ4n) is 6.40. The molecule has 10 heteroatoms. The Hall–Kier alpha value is -4.41. The van der Waals surface area contributed by atoms with Crippen LogP contribution >= 0.6 is 0 Å². The molecular formula is C40H52O10. The summed E-state index contributed by atoms with van der Waals surface area (Å²) in [6.07, 6.45) is 6.46. The third kappa shape index (κ3) is 12.5. The molecule has 6 unspecified atom stereocenters. The second kappa shape index (κ2) is 19.7. The van der Waals surface area contributed by atoms with Crippen LogP contribution in [0.5, 0.6) is 11.5 Å². The van der Waals surface area contributed by atoms with Crippen molar-refractivity contribution in [1.29, 1.82) is 0 Å². The minimum absolute atomic E-state index is 0.162. The number of ether oxygens (including phenoxy) is 7. The lowest BCUT2D eigenvalue weighted by Gasteiger charge is -2.45. The highest BCUT2D eigenvalue weighted by Gasteiger charge is 2.54. The normalized spacial score (nSPS) is 22.4. The molecule has 6 rings (SSSR count). The number of rotatable bonds is 14. The van der Waals surface area contributed by atoms with Crippen molar-refractivity contribution in [2.45, 2.75) is 91.0 Å². The Labute approximate surface area is 296 Å². The number of para-hydroxylation sites is 1. The lowest BCUT2D eigenvalue weighted by atomic mass is 9.65. The Morgan fingerprint density at radius 1 is 0.940 bits per heavy atom. The van der Waals surface area contributed by atoms with Crippen molar-refractivity contribution in [3.8, 4) is 11.5 Å². The van der Waals surface area contributed by atoms with E-state index in [4.69, 9.17) is 33.2 Å². The molecular weight excluding hydrogens is 640 g/mol. The van der Waals surface area contributed by atoms with Crippen LogP contribution in [-0.4, -0.2) is 62.0 Å². The van der Waals surface area contributed by atoms with Gasteiger partial charge in [-0.1, -0.05) is 62.2 Å². The minimum Gasteiger partial charge on any atom is -0.465 e. The van der Waals surface area contributed by atoms with E-state index in [1.54, 1.807) is 12.2 Å². The predicted octanol–water partition coefficient (Wildman–Crippen LogP) is 7.71. The first-order valence-corrected chi connectivity index (χ1v) is 17.2. The van der Waals surface area contributed by atoms with E-state index in [0.29, 0.717) is 32.0 Å². The molecule has 2 aromatic rings. The van der Waals surface area contributed by atoms with Gasteiger partial charge in [-0.25, -0.2) is 9.59 Å². The maximum absolute atomic E-state index is 12.0. The first kappa shape index (κ1) is 40.0. The molecule has 4 aliphatic rings. The summed E-state index contributed by atoms with van der Waals surface area (Å²) in [6.45, 7) is 20.9. The van der Waals surface area contributed by atoms with Gasteiger partial charge in [0, 0.05) is 37.2 Å². The van der Waals surface area contributed by atoms with Gasteiger partial charge in [0.1, 0.15) is 23.2 Å². The molecule has 2 aliphatic carbocycles. The molecule has 0 radical (unpaired) electrons. The van der Waals surface area contributed by atoms with Crippen molar-refractivity contribution in [3.05, 3.63) is 85.0 Å². The Balaban J connectivity index is 0.000000213. The van der Waals surface area contributed by atoms with Gasteiger partial charge >= 0.3 is 17.9 Å². The van der Waals surface area contributed by atoms with Gasteiger partial charge < -0.3 is 33.2 Å². The standard InChI is InChI=1S/C16H20O6.2C12H16O2/c1-9(2)14(18)20-8-13(17)22-16-5-10-3-11(6-16)15(19)21-12(4-10)7-16;1-4-11-7-6-8-12(9-11)14-10(3)13-5-2;1-4-11-8-6-7-9-12(11)14-10(3)13-5-2/h10-12H,1,3-8H2,2H3;2*4,6-10H,1,5H2,2-3H3. The van der Waals surface area contributed by atoms with Crippen LogP contribution in [0.3, 0.4) is 0 Å². The van der Waals surface area contributed by atoms with Gasteiger partial charge in [-0.05, 0) is 83.6 Å². The number of carbonyl (C=O) groups excluding carboxylic acids is 3. The molecule has 50 heavy (non-hydrogen) atoms. The van der Waals surface area contributed by atoms with E-state index < -0.39 is 24.1 Å². The molecule has 0 N–H and O–H groups in total. The topological polar surface area (TPSA) is 116 Å². The van der Waals surface area contributed by atoms with E-state index >= 15 is 0 Å². The van der Waals surface area contributed by atoms with E-state index in [9.17, 15) is 14.4 Å². The molecule has 6 atom stereocenters. The summed E-state index contributed by atoms with van der Waals surface area (Å²) in [5.74, 6) is 0.430. The molecule has 4 bridgehead atoms. The molecule has 0 aromatic heterocycles. The zero-order valence-corrected chi connectivity index (χ0v) is 30.0. The van der Waals surface area contributed by atoms with Crippen LogP contribution < -0.4 is 9.47 Å². The van der Waals surface area contributed by atoms with Crippen LogP contribution in [0.25, 0.3) is 12.2 Å². The highest BCUT2D eigenvalue weighted by Crippen LogP contribution is 2.51. The van der Waals surface area contributed by atoms with Crippen molar-refractivity contribution < 1.29 is 47.5 Å². The fraction of sp³-hybridized carbons (Fsp3) is 0.475. The van der Waals surface area contributed by atoms with Gasteiger partial charge in [-0.3, -0.25) is 4.79 Å². The molecule has 2 heterocycles. The quantitative estimate of drug-likeness (QED) is 0.0844. The summed E-state index contributed by atoms with van der Waals surface area (Å²) in [7, 11) is 0. The molecule has 0 amide bonds. The Morgan fingerprint density at radius 2 is 1.64 bits per heavy atom. The Bertz CT molecular complexity index is 1470. The van der Waals surface area contributed by atoms with Crippen LogP contribution in [-0.2, 0) is 38.1 Å². The Kier molecular flexibility index (Phi) is 15.8. The van der Waals surface area contributed by atoms with Crippen LogP contribution in [0, 0.1) is 11.8 Å².